The van der Waals surface area contributed by atoms with Crippen molar-refractivity contribution in [1.82, 2.24) is 45.2 Å². The highest BCUT2D eigenvalue weighted by atomic mass is 16.5. The van der Waals surface area contributed by atoms with Crippen LogP contribution in [0.2, 0.25) is 0 Å². The Morgan fingerprint density at radius 1 is 0.972 bits per heavy atom. The summed E-state index contributed by atoms with van der Waals surface area (Å²) < 4.78 is 5.23. The van der Waals surface area contributed by atoms with Gasteiger partial charge < -0.3 is 24.7 Å². The third kappa shape index (κ3) is 8.59. The predicted octanol–water partition coefficient (Wildman–Crippen LogP) is 1.85. The summed E-state index contributed by atoms with van der Waals surface area (Å²) in [5.41, 5.74) is 0. The maximum Gasteiger partial charge on any atom is 0.236 e. The van der Waals surface area contributed by atoms with Gasteiger partial charge in [0.15, 0.2) is 5.82 Å². The molecule has 12 nitrogen and oxygen atoms in total. The van der Waals surface area contributed by atoms with E-state index in [4.69, 9.17) is 4.52 Å². The molecule has 0 bridgehead atoms. The maximum atomic E-state index is 13.0. The Morgan fingerprint density at radius 3 is 2.17 bits per heavy atom. The first-order valence-electron chi connectivity index (χ1n) is 12.4. The number of nitrogens with one attached hydrogen (secondary N) is 3. The second-order valence-electron chi connectivity index (χ2n) is 9.26. The highest BCUT2D eigenvalue weighted by Gasteiger charge is 2.21. The Bertz CT molecular complexity index is 1000. The summed E-state index contributed by atoms with van der Waals surface area (Å²) in [6.45, 7) is 11.0. The van der Waals surface area contributed by atoms with Gasteiger partial charge in [0.05, 0.1) is 19.5 Å². The third-order valence-electron chi connectivity index (χ3n) is 5.77. The van der Waals surface area contributed by atoms with E-state index in [0.717, 1.165) is 19.4 Å². The number of hydrogen-bond acceptors (Lipinski definition) is 8. The van der Waals surface area contributed by atoms with Crippen LogP contribution in [0.4, 0.5) is 0 Å². The van der Waals surface area contributed by atoms with Gasteiger partial charge in [-0.15, -0.1) is 0 Å². The molecule has 3 rings (SSSR count). The van der Waals surface area contributed by atoms with Crippen molar-refractivity contribution in [2.75, 3.05) is 13.1 Å². The summed E-state index contributed by atoms with van der Waals surface area (Å²) in [5.74, 6) is 1.33. The fourth-order valence-corrected chi connectivity index (χ4v) is 4.00. The van der Waals surface area contributed by atoms with Crippen LogP contribution >= 0.6 is 0 Å². The molecular formula is C24H37N9O3. The number of aromatic nitrogens is 6. The van der Waals surface area contributed by atoms with Crippen LogP contribution in [0.15, 0.2) is 29.3 Å². The van der Waals surface area contributed by atoms with E-state index in [1.807, 2.05) is 0 Å². The summed E-state index contributed by atoms with van der Waals surface area (Å²) in [6.07, 6.45) is 8.49. The lowest BCUT2D eigenvalue weighted by Crippen LogP contribution is -2.38. The molecule has 196 valence electrons. The smallest absolute Gasteiger partial charge is 0.236 e. The highest BCUT2D eigenvalue weighted by Crippen LogP contribution is 2.09. The standard InChI is InChI=1S/C24H37N9O3/c1-17(2)33(18(3)4)12-6-5-7-29-22(34)13-19-30-23(36-31-19)14-24(35)32(15-20-25-8-9-26-20)16-21-27-10-11-28-21/h8-11,17-18H,5-7,12-16H2,1-4H3,(H,25,26)(H,27,28)(H,29,34). The molecule has 0 aliphatic carbocycles. The Balaban J connectivity index is 1.44. The normalized spacial score (nSPS) is 11.5. The zero-order chi connectivity index (χ0) is 25.9. The first-order valence-corrected chi connectivity index (χ1v) is 12.4. The van der Waals surface area contributed by atoms with E-state index in [1.54, 1.807) is 29.7 Å². The van der Waals surface area contributed by atoms with Crippen molar-refractivity contribution in [3.8, 4) is 0 Å². The number of rotatable bonds is 15. The number of aromatic amines is 2. The molecule has 2 amide bonds. The van der Waals surface area contributed by atoms with E-state index in [-0.39, 0.29) is 49.5 Å². The van der Waals surface area contributed by atoms with Crippen molar-refractivity contribution in [1.29, 1.82) is 0 Å². The van der Waals surface area contributed by atoms with Crippen molar-refractivity contribution in [2.24, 2.45) is 0 Å². The van der Waals surface area contributed by atoms with Crippen molar-refractivity contribution in [2.45, 2.75) is 78.6 Å². The van der Waals surface area contributed by atoms with Gasteiger partial charge in [-0.25, -0.2) is 9.97 Å². The minimum atomic E-state index is -0.223. The molecule has 3 N–H and O–H groups in total. The summed E-state index contributed by atoms with van der Waals surface area (Å²) in [6, 6.07) is 1.00. The molecule has 0 radical (unpaired) electrons. The molecule has 0 aliphatic heterocycles. The summed E-state index contributed by atoms with van der Waals surface area (Å²) in [7, 11) is 0. The number of carbonyl (C=O) groups is 2. The minimum absolute atomic E-state index is 0.00427. The van der Waals surface area contributed by atoms with Crippen LogP contribution < -0.4 is 5.32 Å². The summed E-state index contributed by atoms with van der Waals surface area (Å²) >= 11 is 0. The van der Waals surface area contributed by atoms with Gasteiger partial charge in [0, 0.05) is 43.4 Å². The minimum Gasteiger partial charge on any atom is -0.356 e. The van der Waals surface area contributed by atoms with Gasteiger partial charge in [0.25, 0.3) is 0 Å². The molecule has 36 heavy (non-hydrogen) atoms. The van der Waals surface area contributed by atoms with E-state index in [0.29, 0.717) is 30.3 Å². The molecule has 0 aromatic carbocycles. The molecule has 0 fully saturated rings. The first kappa shape index (κ1) is 27.1. The van der Waals surface area contributed by atoms with E-state index in [2.05, 4.69) is 68.0 Å². The van der Waals surface area contributed by atoms with Crippen LogP contribution in [0.25, 0.3) is 0 Å². The molecule has 3 aromatic rings. The molecule has 3 aromatic heterocycles. The molecular weight excluding hydrogens is 462 g/mol. The Labute approximate surface area is 211 Å². The van der Waals surface area contributed by atoms with E-state index >= 15 is 0 Å². The number of H-pyrrole nitrogens is 2. The molecule has 0 spiro atoms. The summed E-state index contributed by atoms with van der Waals surface area (Å²) in [4.78, 5) is 47.9. The topological polar surface area (TPSA) is 149 Å². The highest BCUT2D eigenvalue weighted by molar-refractivity contribution is 5.78. The zero-order valence-electron chi connectivity index (χ0n) is 21.5. The number of nitrogens with zero attached hydrogens (tertiary/aromatic N) is 6. The van der Waals surface area contributed by atoms with Gasteiger partial charge in [-0.3, -0.25) is 14.5 Å². The lowest BCUT2D eigenvalue weighted by atomic mass is 10.2. The molecule has 12 heteroatoms. The molecule has 0 atom stereocenters. The number of unbranched alkanes of at least 4 members (excludes halogenated alkanes) is 1. The van der Waals surface area contributed by atoms with Crippen LogP contribution in [0.5, 0.6) is 0 Å². The fraction of sp³-hybridized carbons (Fsp3) is 0.583. The largest absolute Gasteiger partial charge is 0.356 e. The molecule has 0 aliphatic rings. The van der Waals surface area contributed by atoms with Crippen molar-refractivity contribution in [3.63, 3.8) is 0 Å². The van der Waals surface area contributed by atoms with Crippen LogP contribution in [-0.4, -0.2) is 76.9 Å². The lowest BCUT2D eigenvalue weighted by molar-refractivity contribution is -0.132. The van der Waals surface area contributed by atoms with Gasteiger partial charge >= 0.3 is 0 Å². The number of hydrogen-bond donors (Lipinski definition) is 3. The second kappa shape index (κ2) is 13.5. The maximum absolute atomic E-state index is 13.0. The Kier molecular flexibility index (Phi) is 10.2. The average Bonchev–Trinajstić information content (AvgIpc) is 3.59. The van der Waals surface area contributed by atoms with Crippen molar-refractivity contribution < 1.29 is 14.1 Å². The molecule has 0 saturated carbocycles. The van der Waals surface area contributed by atoms with Gasteiger partial charge in [-0.2, -0.15) is 4.98 Å². The SMILES string of the molecule is CC(C)N(CCCCNC(=O)Cc1noc(CC(=O)N(Cc2ncc[nH]2)Cc2ncc[nH]2)n1)C(C)C. The van der Waals surface area contributed by atoms with Crippen molar-refractivity contribution >= 4 is 11.8 Å². The zero-order valence-corrected chi connectivity index (χ0v) is 21.5. The molecule has 0 saturated heterocycles. The number of amides is 2. The molecule has 0 unspecified atom stereocenters. The summed E-state index contributed by atoms with van der Waals surface area (Å²) in [5, 5.41) is 6.77. The second-order valence-corrected chi connectivity index (χ2v) is 9.26. The monoisotopic (exact) mass is 499 g/mol. The van der Waals surface area contributed by atoms with Crippen LogP contribution in [0.1, 0.15) is 63.9 Å². The quantitative estimate of drug-likeness (QED) is 0.268. The van der Waals surface area contributed by atoms with Gasteiger partial charge in [-0.05, 0) is 47.1 Å². The number of carbonyl (C=O) groups excluding carboxylic acids is 2. The third-order valence-corrected chi connectivity index (χ3v) is 5.77. The number of imidazole rings is 2. The van der Waals surface area contributed by atoms with E-state index in [9.17, 15) is 9.59 Å². The van der Waals surface area contributed by atoms with Crippen LogP contribution in [0, 0.1) is 0 Å². The van der Waals surface area contributed by atoms with E-state index in [1.165, 1.54) is 0 Å². The van der Waals surface area contributed by atoms with Gasteiger partial charge in [0.1, 0.15) is 18.1 Å². The lowest BCUT2D eigenvalue weighted by Gasteiger charge is -2.30. The van der Waals surface area contributed by atoms with Crippen molar-refractivity contribution in [3.05, 3.63) is 48.2 Å². The predicted molar refractivity (Wildman–Crippen MR) is 132 cm³/mol. The van der Waals surface area contributed by atoms with Crippen LogP contribution in [-0.2, 0) is 35.5 Å². The Morgan fingerprint density at radius 2 is 1.61 bits per heavy atom. The van der Waals surface area contributed by atoms with Gasteiger partial charge in [-0.1, -0.05) is 5.16 Å². The van der Waals surface area contributed by atoms with Crippen LogP contribution in [0.3, 0.4) is 0 Å². The molecule has 3 heterocycles. The van der Waals surface area contributed by atoms with E-state index < -0.39 is 0 Å². The fourth-order valence-electron chi connectivity index (χ4n) is 4.00. The Hall–Kier alpha value is -3.54. The average molecular weight is 500 g/mol. The first-order chi connectivity index (χ1) is 17.3. The van der Waals surface area contributed by atoms with Gasteiger partial charge in [0.2, 0.25) is 17.7 Å².